The van der Waals surface area contributed by atoms with Gasteiger partial charge in [0.1, 0.15) is 34.0 Å². The number of phenolic OH excluding ortho intramolecular Hbond substituents is 2. The van der Waals surface area contributed by atoms with Gasteiger partial charge in [-0.05, 0) is 27.7 Å². The molecule has 2 heterocycles. The minimum atomic E-state index is -1.61. The zero-order valence-corrected chi connectivity index (χ0v) is 19.5. The van der Waals surface area contributed by atoms with Gasteiger partial charge < -0.3 is 25.6 Å². The number of Topliss-reactive ketones (excluding diaryl/α,β-unsaturated/α-hetero) is 2. The first kappa shape index (κ1) is 23.2. The molecule has 0 bridgehead atoms. The van der Waals surface area contributed by atoms with Crippen molar-refractivity contribution in [1.29, 1.82) is 0 Å². The molecule has 176 valence electrons. The lowest BCUT2D eigenvalue weighted by Gasteiger charge is -2.29. The van der Waals surface area contributed by atoms with Crippen LogP contribution in [0, 0.1) is 6.92 Å². The number of allylic oxidation sites excluding steroid dienone is 4. The maximum absolute atomic E-state index is 13.7. The summed E-state index contributed by atoms with van der Waals surface area (Å²) in [5, 5.41) is 28.7. The molecule has 0 radical (unpaired) electrons. The Bertz CT molecular complexity index is 1340. The number of carbonyl (C=O) groups is 4. The van der Waals surface area contributed by atoms with Gasteiger partial charge in [-0.25, -0.2) is 4.98 Å². The number of nitrogens with one attached hydrogen (secondary N) is 2. The first-order valence-electron chi connectivity index (χ1n) is 10.2. The fourth-order valence-corrected chi connectivity index (χ4v) is 4.66. The van der Waals surface area contributed by atoms with E-state index in [0.29, 0.717) is 5.13 Å². The minimum Gasteiger partial charge on any atom is -0.507 e. The Kier molecular flexibility index (Phi) is 5.52. The molecule has 1 aliphatic carbocycles. The predicted molar refractivity (Wildman–Crippen MR) is 122 cm³/mol. The van der Waals surface area contributed by atoms with Crippen molar-refractivity contribution >= 4 is 39.7 Å². The standard InChI is InChI=1S/C23H21N3O7S/c1-9-18(30)16(11(3)27)20-17(19(9)31)23(4)13(33-20)7-12(28)15(21(23)32)10(2)25-8-14(29)26-22-24-5-6-34-22/h5-7,25,30-31H,8H2,1-4H3,(H,24,26,29)/b15-10+/t23-/m1/s1. The summed E-state index contributed by atoms with van der Waals surface area (Å²) in [5.41, 5.74) is -1.82. The minimum absolute atomic E-state index is 0.00330. The molecule has 4 rings (SSSR count). The molecule has 2 aliphatic rings. The van der Waals surface area contributed by atoms with E-state index in [2.05, 4.69) is 15.6 Å². The summed E-state index contributed by atoms with van der Waals surface area (Å²) in [7, 11) is 0. The van der Waals surface area contributed by atoms with Gasteiger partial charge in [0.2, 0.25) is 5.91 Å². The maximum Gasteiger partial charge on any atom is 0.245 e. The zero-order valence-electron chi connectivity index (χ0n) is 18.7. The average Bonchev–Trinajstić information content (AvgIpc) is 3.37. The number of nitrogens with zero attached hydrogens (tertiary/aromatic N) is 1. The van der Waals surface area contributed by atoms with E-state index in [-0.39, 0.29) is 46.0 Å². The van der Waals surface area contributed by atoms with Crippen molar-refractivity contribution < 1.29 is 34.1 Å². The number of amides is 1. The molecule has 1 aliphatic heterocycles. The van der Waals surface area contributed by atoms with Gasteiger partial charge in [0, 0.05) is 28.9 Å². The van der Waals surface area contributed by atoms with Crippen LogP contribution < -0.4 is 15.4 Å². The largest absolute Gasteiger partial charge is 0.507 e. The highest BCUT2D eigenvalue weighted by Crippen LogP contribution is 2.57. The van der Waals surface area contributed by atoms with E-state index in [1.807, 2.05) is 0 Å². The highest BCUT2D eigenvalue weighted by Gasteiger charge is 2.56. The Morgan fingerprint density at radius 1 is 1.21 bits per heavy atom. The van der Waals surface area contributed by atoms with E-state index in [4.69, 9.17) is 4.74 Å². The molecule has 0 fully saturated rings. The lowest BCUT2D eigenvalue weighted by Crippen LogP contribution is -2.41. The number of aromatic hydroxyl groups is 2. The second-order valence-corrected chi connectivity index (χ2v) is 9.02. The number of carbonyl (C=O) groups excluding carboxylic acids is 4. The summed E-state index contributed by atoms with van der Waals surface area (Å²) in [4.78, 5) is 54.9. The number of hydrogen-bond acceptors (Lipinski definition) is 10. The van der Waals surface area contributed by atoms with Crippen molar-refractivity contribution in [2.24, 2.45) is 0 Å². The van der Waals surface area contributed by atoms with E-state index >= 15 is 0 Å². The topological polar surface area (TPSA) is 155 Å². The summed E-state index contributed by atoms with van der Waals surface area (Å²) in [6.45, 7) is 5.37. The summed E-state index contributed by atoms with van der Waals surface area (Å²) >= 11 is 1.25. The molecule has 0 saturated carbocycles. The second-order valence-electron chi connectivity index (χ2n) is 8.13. The van der Waals surface area contributed by atoms with Crippen LogP contribution in [-0.2, 0) is 19.8 Å². The Morgan fingerprint density at radius 3 is 2.53 bits per heavy atom. The van der Waals surface area contributed by atoms with Gasteiger partial charge in [0.25, 0.3) is 0 Å². The van der Waals surface area contributed by atoms with Gasteiger partial charge >= 0.3 is 0 Å². The molecule has 11 heteroatoms. The third kappa shape index (κ3) is 3.36. The fraction of sp³-hybridized carbons (Fsp3) is 0.261. The lowest BCUT2D eigenvalue weighted by molar-refractivity contribution is -0.124. The Morgan fingerprint density at radius 2 is 1.91 bits per heavy atom. The van der Waals surface area contributed by atoms with Gasteiger partial charge in [-0.3, -0.25) is 19.2 Å². The van der Waals surface area contributed by atoms with E-state index < -0.39 is 40.2 Å². The first-order valence-corrected chi connectivity index (χ1v) is 11.1. The molecule has 4 N–H and O–H groups in total. The molecular weight excluding hydrogens is 462 g/mol. The number of aromatic nitrogens is 1. The van der Waals surface area contributed by atoms with Crippen LogP contribution in [-0.4, -0.2) is 45.0 Å². The number of ketones is 3. The molecule has 1 atom stereocenters. The van der Waals surface area contributed by atoms with Crippen LogP contribution in [0.2, 0.25) is 0 Å². The summed E-state index contributed by atoms with van der Waals surface area (Å²) in [6.07, 6.45) is 2.66. The first-order chi connectivity index (χ1) is 16.0. The van der Waals surface area contributed by atoms with E-state index in [1.165, 1.54) is 39.0 Å². The van der Waals surface area contributed by atoms with Crippen molar-refractivity contribution in [2.45, 2.75) is 33.1 Å². The van der Waals surface area contributed by atoms with Crippen molar-refractivity contribution in [3.63, 3.8) is 0 Å². The number of hydrogen-bond donors (Lipinski definition) is 4. The highest BCUT2D eigenvalue weighted by molar-refractivity contribution is 7.13. The average molecular weight is 484 g/mol. The Hall–Kier alpha value is -3.99. The van der Waals surface area contributed by atoms with Crippen LogP contribution in [0.25, 0.3) is 0 Å². The van der Waals surface area contributed by atoms with Gasteiger partial charge in [-0.2, -0.15) is 0 Å². The highest BCUT2D eigenvalue weighted by atomic mass is 32.1. The summed E-state index contributed by atoms with van der Waals surface area (Å²) in [5.74, 6) is -3.34. The van der Waals surface area contributed by atoms with Crippen molar-refractivity contribution in [3.05, 3.63) is 51.4 Å². The molecule has 2 aromatic rings. The number of thiazole rings is 1. The molecule has 10 nitrogen and oxygen atoms in total. The van der Waals surface area contributed by atoms with Crippen LogP contribution in [0.3, 0.4) is 0 Å². The van der Waals surface area contributed by atoms with Gasteiger partial charge in [-0.1, -0.05) is 0 Å². The van der Waals surface area contributed by atoms with E-state index in [0.717, 1.165) is 6.08 Å². The Labute approximate surface area is 198 Å². The smallest absolute Gasteiger partial charge is 0.245 e. The molecule has 0 unspecified atom stereocenters. The van der Waals surface area contributed by atoms with Crippen LogP contribution in [0.15, 0.2) is 34.7 Å². The van der Waals surface area contributed by atoms with Gasteiger partial charge in [0.05, 0.1) is 17.7 Å². The monoisotopic (exact) mass is 483 g/mol. The lowest BCUT2D eigenvalue weighted by atomic mass is 9.70. The Balaban J connectivity index is 1.74. The normalized spacial score (nSPS) is 20.2. The molecule has 1 aromatic carbocycles. The van der Waals surface area contributed by atoms with Gasteiger partial charge in [-0.15, -0.1) is 11.3 Å². The number of anilines is 1. The summed E-state index contributed by atoms with van der Waals surface area (Å²) < 4.78 is 5.71. The maximum atomic E-state index is 13.7. The molecule has 0 spiro atoms. The molecule has 1 amide bonds. The number of benzene rings is 1. The third-order valence-corrected chi connectivity index (χ3v) is 6.64. The number of phenols is 2. The van der Waals surface area contributed by atoms with Crippen LogP contribution in [0.4, 0.5) is 5.13 Å². The fourth-order valence-electron chi connectivity index (χ4n) is 4.11. The predicted octanol–water partition coefficient (Wildman–Crippen LogP) is 2.25. The van der Waals surface area contributed by atoms with E-state index in [1.54, 1.807) is 11.6 Å². The number of ether oxygens (including phenoxy) is 1. The molecule has 0 saturated heterocycles. The zero-order chi connectivity index (χ0) is 24.9. The SMILES string of the molecule is CC(=O)c1c(O)c(C)c(O)c2c1OC1=CC(=O)/C(=C(/C)NCC(=O)Nc3nccs3)C(=O)[C@]12C. The number of fused-ring (bicyclic) bond motifs is 3. The van der Waals surface area contributed by atoms with Crippen molar-refractivity contribution in [3.8, 4) is 17.2 Å². The van der Waals surface area contributed by atoms with Gasteiger partial charge in [0.15, 0.2) is 22.5 Å². The van der Waals surface area contributed by atoms with Crippen molar-refractivity contribution in [2.75, 3.05) is 11.9 Å². The molecule has 1 aromatic heterocycles. The number of rotatable bonds is 5. The third-order valence-electron chi connectivity index (χ3n) is 5.95. The van der Waals surface area contributed by atoms with Crippen LogP contribution >= 0.6 is 11.3 Å². The summed E-state index contributed by atoms with van der Waals surface area (Å²) in [6, 6.07) is 0. The van der Waals surface area contributed by atoms with Crippen LogP contribution in [0.5, 0.6) is 17.2 Å². The van der Waals surface area contributed by atoms with Crippen molar-refractivity contribution in [1.82, 2.24) is 10.3 Å². The van der Waals surface area contributed by atoms with E-state index in [9.17, 15) is 29.4 Å². The second kappa shape index (κ2) is 8.10. The van der Waals surface area contributed by atoms with Crippen LogP contribution in [0.1, 0.15) is 42.3 Å². The quantitative estimate of drug-likeness (QED) is 0.285. The molecule has 34 heavy (non-hydrogen) atoms. The molecular formula is C23H21N3O7S.